The van der Waals surface area contributed by atoms with Gasteiger partial charge in [-0.2, -0.15) is 0 Å². The van der Waals surface area contributed by atoms with E-state index in [-0.39, 0.29) is 17.9 Å². The lowest BCUT2D eigenvalue weighted by molar-refractivity contribution is -0.422. The van der Waals surface area contributed by atoms with Gasteiger partial charge >= 0.3 is 11.6 Å². The van der Waals surface area contributed by atoms with E-state index in [0.29, 0.717) is 5.96 Å². The number of fused-ring (bicyclic) bond motifs is 3. The van der Waals surface area contributed by atoms with Gasteiger partial charge in [-0.3, -0.25) is 24.7 Å². The molecule has 3 rings (SSSR count). The fraction of sp³-hybridized carbons (Fsp3) is 0.600. The lowest BCUT2D eigenvalue weighted by atomic mass is 10.1. The molecule has 1 saturated carbocycles. The van der Waals surface area contributed by atoms with Crippen molar-refractivity contribution in [1.29, 1.82) is 0 Å². The zero-order valence-electron chi connectivity index (χ0n) is 9.87. The number of hydrogen-bond acceptors (Lipinski definition) is 6. The van der Waals surface area contributed by atoms with E-state index >= 15 is 0 Å². The zero-order chi connectivity index (χ0) is 13.0. The molecule has 2 atom stereocenters. The molecule has 0 unspecified atom stereocenters. The third-order valence-corrected chi connectivity index (χ3v) is 3.76. The summed E-state index contributed by atoms with van der Waals surface area (Å²) in [5, 5.41) is 11.0. The topological polar surface area (TPSA) is 105 Å². The van der Waals surface area contributed by atoms with Gasteiger partial charge < -0.3 is 5.73 Å². The highest BCUT2D eigenvalue weighted by Gasteiger charge is 2.50. The third kappa shape index (κ3) is 1.20. The lowest BCUT2D eigenvalue weighted by Crippen LogP contribution is -2.54. The highest BCUT2D eigenvalue weighted by Crippen LogP contribution is 2.36. The summed E-state index contributed by atoms with van der Waals surface area (Å²) in [6.45, 7) is 0. The quantitative estimate of drug-likeness (QED) is 0.497. The summed E-state index contributed by atoms with van der Waals surface area (Å²) in [4.78, 5) is 29.4. The molecule has 0 saturated heterocycles. The van der Waals surface area contributed by atoms with E-state index in [9.17, 15) is 14.9 Å². The molecule has 0 spiro atoms. The normalized spacial score (nSPS) is 30.5. The van der Waals surface area contributed by atoms with Gasteiger partial charge in [-0.1, -0.05) is 0 Å². The van der Waals surface area contributed by atoms with Gasteiger partial charge in [-0.25, -0.2) is 4.99 Å². The summed E-state index contributed by atoms with van der Waals surface area (Å²) < 4.78 is 0. The van der Waals surface area contributed by atoms with Crippen LogP contribution in [-0.2, 0) is 4.79 Å². The summed E-state index contributed by atoms with van der Waals surface area (Å²) in [5.41, 5.74) is 5.26. The molecular formula is C10H13N5O3. The molecule has 96 valence electrons. The van der Waals surface area contributed by atoms with Gasteiger partial charge in [-0.05, 0) is 19.3 Å². The molecule has 1 fully saturated rings. The number of carbonyl (C=O) groups excluding carboxylic acids is 1. The van der Waals surface area contributed by atoms with Gasteiger partial charge in [0.1, 0.15) is 0 Å². The van der Waals surface area contributed by atoms with Crippen LogP contribution in [0.2, 0.25) is 0 Å². The molecule has 0 bridgehead atoms. The largest absolute Gasteiger partial charge is 0.379 e. The number of amides is 1. The highest BCUT2D eigenvalue weighted by molar-refractivity contribution is 6.08. The van der Waals surface area contributed by atoms with Crippen LogP contribution in [0.3, 0.4) is 0 Å². The summed E-state index contributed by atoms with van der Waals surface area (Å²) in [6.07, 6.45) is 2.86. The smallest absolute Gasteiger partial charge is 0.373 e. The van der Waals surface area contributed by atoms with E-state index < -0.39 is 16.5 Å². The van der Waals surface area contributed by atoms with Crippen molar-refractivity contribution >= 4 is 11.9 Å². The molecule has 2 aliphatic heterocycles. The number of guanidine groups is 1. The minimum absolute atomic E-state index is 0.0606. The number of likely N-dealkylation sites (N-methyl/N-ethyl adjacent to an activating group) is 1. The van der Waals surface area contributed by atoms with Crippen molar-refractivity contribution in [2.75, 3.05) is 7.05 Å². The van der Waals surface area contributed by atoms with E-state index in [2.05, 4.69) is 4.99 Å². The van der Waals surface area contributed by atoms with Crippen molar-refractivity contribution in [1.82, 2.24) is 9.80 Å². The van der Waals surface area contributed by atoms with E-state index in [4.69, 9.17) is 5.73 Å². The van der Waals surface area contributed by atoms with Crippen molar-refractivity contribution in [3.8, 4) is 0 Å². The molecule has 0 aromatic carbocycles. The maximum Gasteiger partial charge on any atom is 0.373 e. The molecular weight excluding hydrogens is 238 g/mol. The maximum absolute atomic E-state index is 11.9. The first-order valence-corrected chi connectivity index (χ1v) is 5.81. The van der Waals surface area contributed by atoms with Crippen molar-refractivity contribution in [2.45, 2.75) is 31.3 Å². The summed E-state index contributed by atoms with van der Waals surface area (Å²) in [5.74, 6) is -0.332. The minimum atomic E-state index is -0.715. The van der Waals surface area contributed by atoms with Crippen LogP contribution in [0.4, 0.5) is 0 Å². The number of nitro groups is 1. The standard InChI is InChI=1S/C10H13N5O3/c1-13-9(16)7(15(17)18)8(11)14-6-4-2-3-5(6)12-10(13)14/h5-6H,2-4,11H2,1H3/t5-,6+/m1/s1. The molecule has 3 aliphatic rings. The summed E-state index contributed by atoms with van der Waals surface area (Å²) in [6, 6.07) is 0.158. The fourth-order valence-electron chi connectivity index (χ4n) is 2.91. The van der Waals surface area contributed by atoms with Gasteiger partial charge in [0.25, 0.3) is 0 Å². The van der Waals surface area contributed by atoms with Crippen molar-refractivity contribution in [3.05, 3.63) is 21.6 Å². The van der Waals surface area contributed by atoms with E-state index in [0.717, 1.165) is 19.3 Å². The van der Waals surface area contributed by atoms with Gasteiger partial charge in [0.2, 0.25) is 5.96 Å². The first-order valence-electron chi connectivity index (χ1n) is 5.81. The van der Waals surface area contributed by atoms with Gasteiger partial charge in [-0.15, -0.1) is 0 Å². The third-order valence-electron chi connectivity index (χ3n) is 3.76. The number of nitrogens with zero attached hydrogens (tertiary/aromatic N) is 4. The second-order valence-corrected chi connectivity index (χ2v) is 4.72. The van der Waals surface area contributed by atoms with E-state index in [1.54, 1.807) is 4.90 Å². The van der Waals surface area contributed by atoms with E-state index in [1.165, 1.54) is 11.9 Å². The predicted octanol–water partition coefficient (Wildman–Crippen LogP) is -0.544. The van der Waals surface area contributed by atoms with Gasteiger partial charge in [0, 0.05) is 7.05 Å². The SMILES string of the molecule is CN1C(=O)C([N+](=O)[O-])=C(N)N2C1=N[C@@H]1CCC[C@@H]12. The number of carbonyl (C=O) groups is 1. The summed E-state index contributed by atoms with van der Waals surface area (Å²) >= 11 is 0. The predicted molar refractivity (Wildman–Crippen MR) is 61.7 cm³/mol. The second kappa shape index (κ2) is 3.44. The maximum atomic E-state index is 11.9. The number of aliphatic imine (C=N–C) groups is 1. The first kappa shape index (κ1) is 11.0. The van der Waals surface area contributed by atoms with Crippen molar-refractivity contribution in [2.24, 2.45) is 10.7 Å². The van der Waals surface area contributed by atoms with E-state index in [1.807, 2.05) is 0 Å². The molecule has 1 amide bonds. The molecule has 2 heterocycles. The Bertz CT molecular complexity index is 512. The monoisotopic (exact) mass is 251 g/mol. The highest BCUT2D eigenvalue weighted by atomic mass is 16.6. The molecule has 8 nitrogen and oxygen atoms in total. The molecule has 0 radical (unpaired) electrons. The molecule has 0 aromatic rings. The Morgan fingerprint density at radius 3 is 2.89 bits per heavy atom. The number of hydrogen-bond donors (Lipinski definition) is 1. The second-order valence-electron chi connectivity index (χ2n) is 4.72. The average Bonchev–Trinajstić information content (AvgIpc) is 2.84. The average molecular weight is 251 g/mol. The Hall–Kier alpha value is -2.12. The Morgan fingerprint density at radius 2 is 2.22 bits per heavy atom. The Kier molecular flexibility index (Phi) is 2.10. The van der Waals surface area contributed by atoms with Crippen LogP contribution in [-0.4, -0.2) is 45.7 Å². The lowest BCUT2D eigenvalue weighted by Gasteiger charge is -2.33. The van der Waals surface area contributed by atoms with Crippen LogP contribution >= 0.6 is 0 Å². The van der Waals surface area contributed by atoms with Crippen LogP contribution in [0.5, 0.6) is 0 Å². The minimum Gasteiger partial charge on any atom is -0.379 e. The number of rotatable bonds is 1. The van der Waals surface area contributed by atoms with Crippen molar-refractivity contribution in [3.63, 3.8) is 0 Å². The zero-order valence-corrected chi connectivity index (χ0v) is 9.87. The van der Waals surface area contributed by atoms with Crippen LogP contribution in [0, 0.1) is 10.1 Å². The van der Waals surface area contributed by atoms with Crippen molar-refractivity contribution < 1.29 is 9.72 Å². The molecule has 8 heteroatoms. The van der Waals surface area contributed by atoms with Gasteiger partial charge in [0.15, 0.2) is 5.82 Å². The van der Waals surface area contributed by atoms with Crippen LogP contribution in [0.1, 0.15) is 19.3 Å². The fourth-order valence-corrected chi connectivity index (χ4v) is 2.91. The molecule has 1 aliphatic carbocycles. The van der Waals surface area contributed by atoms with Crippen LogP contribution < -0.4 is 5.73 Å². The Labute approximate surface area is 103 Å². The molecule has 2 N–H and O–H groups in total. The molecule has 0 aromatic heterocycles. The first-order chi connectivity index (χ1) is 8.52. The van der Waals surface area contributed by atoms with Crippen LogP contribution in [0.25, 0.3) is 0 Å². The van der Waals surface area contributed by atoms with Gasteiger partial charge in [0.05, 0.1) is 17.0 Å². The Balaban J connectivity index is 2.13. The van der Waals surface area contributed by atoms with Crippen LogP contribution in [0.15, 0.2) is 16.5 Å². The Morgan fingerprint density at radius 1 is 1.50 bits per heavy atom. The molecule has 18 heavy (non-hydrogen) atoms. The summed E-state index contributed by atoms with van der Waals surface area (Å²) in [7, 11) is 1.49. The number of nitrogens with two attached hydrogens (primary N) is 1.